The number of carbonyl (C=O) groups is 2. The number of ketones is 1. The van der Waals surface area contributed by atoms with Crippen molar-refractivity contribution >= 4 is 44.4 Å². The van der Waals surface area contributed by atoms with Gasteiger partial charge in [0.05, 0.1) is 37.4 Å². The van der Waals surface area contributed by atoms with Crippen molar-refractivity contribution in [2.24, 2.45) is 17.6 Å². The predicted molar refractivity (Wildman–Crippen MR) is 192 cm³/mol. The van der Waals surface area contributed by atoms with Gasteiger partial charge in [0, 0.05) is 40.9 Å². The molecule has 0 aromatic heterocycles. The molecule has 0 radical (unpaired) electrons. The Labute approximate surface area is 303 Å². The third kappa shape index (κ3) is 8.03. The highest BCUT2D eigenvalue weighted by atomic mass is 33.1. The summed E-state index contributed by atoms with van der Waals surface area (Å²) in [7, 11) is 3.84. The van der Waals surface area contributed by atoms with Crippen LogP contribution in [0.4, 0.5) is 0 Å². The van der Waals surface area contributed by atoms with Crippen molar-refractivity contribution in [1.29, 1.82) is 0 Å². The summed E-state index contributed by atoms with van der Waals surface area (Å²) in [6.45, 7) is 0.672. The minimum Gasteiger partial charge on any atom is -0.506 e. The van der Waals surface area contributed by atoms with Crippen LogP contribution in [0.15, 0.2) is 42.5 Å². The van der Waals surface area contributed by atoms with Gasteiger partial charge in [-0.1, -0.05) is 51.9 Å². The average Bonchev–Trinajstić information content (AvgIpc) is 3.12. The number of aldehydes is 1. The predicted octanol–water partition coefficient (Wildman–Crippen LogP) is 1.62. The third-order valence-corrected chi connectivity index (χ3v) is 13.1. The van der Waals surface area contributed by atoms with Crippen molar-refractivity contribution in [3.05, 3.63) is 64.7 Å². The first kappa shape index (κ1) is 39.3. The number of Topliss-reactive ketones (excluding diaryl/α,β-unsaturated/α-hetero) is 1. The number of hydrogen-bond donors (Lipinski definition) is 8. The molecule has 0 amide bonds. The fraction of sp³-hybridized carbons (Fsp3) is 0.500. The number of fused-ring (bicyclic) bond motifs is 3. The second-order valence-corrected chi connectivity index (χ2v) is 15.7. The first-order valence-corrected chi connectivity index (χ1v) is 18.9. The summed E-state index contributed by atoms with van der Waals surface area (Å²) in [6.07, 6.45) is -9.64. The highest BCUT2D eigenvalue weighted by Crippen LogP contribution is 2.47. The maximum absolute atomic E-state index is 13.9. The SMILES string of the molecule is COc1cc2c3c(O)c(c(C)cc3c1CO)C(=O)CC(CO)SSC(Cc1ccccc1)C(C(CN)CC=O)C(O)C1OC(O2)C(O)C(O)C1O. The van der Waals surface area contributed by atoms with Gasteiger partial charge in [-0.15, -0.1) is 0 Å². The van der Waals surface area contributed by atoms with Crippen LogP contribution in [0.5, 0.6) is 17.2 Å². The van der Waals surface area contributed by atoms with Gasteiger partial charge in [-0.2, -0.15) is 0 Å². The molecule has 15 heteroatoms. The Balaban J connectivity index is 1.72. The molecular formula is C36H45NO12S2. The van der Waals surface area contributed by atoms with E-state index in [1.165, 1.54) is 34.8 Å². The van der Waals surface area contributed by atoms with E-state index in [2.05, 4.69) is 0 Å². The van der Waals surface area contributed by atoms with E-state index in [0.29, 0.717) is 18.3 Å². The molecule has 9 N–H and O–H groups in total. The van der Waals surface area contributed by atoms with Crippen LogP contribution < -0.4 is 15.2 Å². The van der Waals surface area contributed by atoms with E-state index in [4.69, 9.17) is 19.9 Å². The molecule has 2 heterocycles. The van der Waals surface area contributed by atoms with E-state index in [1.54, 1.807) is 13.0 Å². The van der Waals surface area contributed by atoms with Gasteiger partial charge >= 0.3 is 0 Å². The average molecular weight is 748 g/mol. The molecule has 5 rings (SSSR count). The Bertz CT molecular complexity index is 1680. The van der Waals surface area contributed by atoms with Crippen molar-refractivity contribution < 1.29 is 59.5 Å². The number of aliphatic hydroxyl groups excluding tert-OH is 6. The van der Waals surface area contributed by atoms with Crippen LogP contribution in [0.2, 0.25) is 0 Å². The van der Waals surface area contributed by atoms with Crippen molar-refractivity contribution in [1.82, 2.24) is 0 Å². The van der Waals surface area contributed by atoms with Crippen molar-refractivity contribution in [2.45, 2.75) is 80.1 Å². The zero-order valence-electron chi connectivity index (χ0n) is 28.2. The molecule has 0 spiro atoms. The number of benzene rings is 3. The Morgan fingerprint density at radius 3 is 2.39 bits per heavy atom. The number of hydrogen-bond acceptors (Lipinski definition) is 15. The Morgan fingerprint density at radius 2 is 1.76 bits per heavy atom. The van der Waals surface area contributed by atoms with E-state index >= 15 is 0 Å². The molecule has 1 fully saturated rings. The van der Waals surface area contributed by atoms with Crippen molar-refractivity contribution in [3.8, 4) is 17.2 Å². The standard InChI is InChI=1S/C36H45NO12S2/c1-17-10-21-22(16-40)24(47-2)13-25-29(21)30(42)27(17)23(41)12-20(15-39)50-51-26(11-18-6-4-3-5-7-18)28(19(14-37)8-9-38)31(43)35-33(45)32(44)34(46)36(48-25)49-35/h3-7,9-10,13,19-20,26,28,31-36,39-40,42-46H,8,11-12,14-16,37H2,1-2H3. The number of aromatic hydroxyl groups is 1. The number of aryl methyl sites for hydroxylation is 1. The van der Waals surface area contributed by atoms with E-state index in [-0.39, 0.29) is 52.8 Å². The van der Waals surface area contributed by atoms with Crippen LogP contribution in [-0.2, 0) is 22.6 Å². The molecule has 278 valence electrons. The van der Waals surface area contributed by atoms with Gasteiger partial charge in [0.2, 0.25) is 6.29 Å². The van der Waals surface area contributed by atoms with E-state index in [1.807, 2.05) is 30.3 Å². The summed E-state index contributed by atoms with van der Waals surface area (Å²) >= 11 is 0. The molecule has 13 nitrogen and oxygen atoms in total. The molecule has 3 aromatic carbocycles. The normalized spacial score (nSPS) is 29.4. The van der Waals surface area contributed by atoms with Gasteiger partial charge in [-0.3, -0.25) is 4.79 Å². The Kier molecular flexibility index (Phi) is 13.3. The fourth-order valence-corrected chi connectivity index (χ4v) is 10.3. The Morgan fingerprint density at radius 1 is 1.04 bits per heavy atom. The second kappa shape index (κ2) is 17.2. The minimum atomic E-state index is -1.88. The van der Waals surface area contributed by atoms with Crippen LogP contribution in [0.1, 0.15) is 39.9 Å². The molecule has 2 aliphatic rings. The van der Waals surface area contributed by atoms with Gasteiger partial charge in [0.25, 0.3) is 0 Å². The second-order valence-electron chi connectivity index (χ2n) is 12.9. The smallest absolute Gasteiger partial charge is 0.229 e. The summed E-state index contributed by atoms with van der Waals surface area (Å²) in [5.74, 6) is -2.47. The topological polar surface area (TPSA) is 229 Å². The number of phenols is 1. The fourth-order valence-electron chi connectivity index (χ4n) is 7.09. The molecule has 10 atom stereocenters. The van der Waals surface area contributed by atoms with Gasteiger partial charge in [-0.25, -0.2) is 0 Å². The summed E-state index contributed by atoms with van der Waals surface area (Å²) in [4.78, 5) is 25.9. The molecule has 4 bridgehead atoms. The van der Waals surface area contributed by atoms with Crippen LogP contribution in [0.3, 0.4) is 0 Å². The van der Waals surface area contributed by atoms with Gasteiger partial charge in [0.1, 0.15) is 48.0 Å². The summed E-state index contributed by atoms with van der Waals surface area (Å²) in [6, 6.07) is 12.3. The van der Waals surface area contributed by atoms with Gasteiger partial charge in [-0.05, 0) is 48.4 Å². The minimum absolute atomic E-state index is 0.0213. The lowest BCUT2D eigenvalue weighted by molar-refractivity contribution is -0.293. The molecular weight excluding hydrogens is 703 g/mol. The van der Waals surface area contributed by atoms with E-state index < -0.39 is 83.9 Å². The lowest BCUT2D eigenvalue weighted by atomic mass is 9.77. The molecule has 2 aliphatic heterocycles. The van der Waals surface area contributed by atoms with Crippen molar-refractivity contribution in [2.75, 3.05) is 20.3 Å². The lowest BCUT2D eigenvalue weighted by Gasteiger charge is -2.46. The highest BCUT2D eigenvalue weighted by molar-refractivity contribution is 8.77. The maximum atomic E-state index is 13.9. The van der Waals surface area contributed by atoms with E-state index in [0.717, 1.165) is 5.56 Å². The van der Waals surface area contributed by atoms with Gasteiger partial charge < -0.3 is 60.5 Å². The molecule has 10 unspecified atom stereocenters. The van der Waals surface area contributed by atoms with Crippen molar-refractivity contribution in [3.63, 3.8) is 0 Å². The number of phenolic OH excluding ortho intramolecular Hbond substituents is 1. The largest absolute Gasteiger partial charge is 0.506 e. The van der Waals surface area contributed by atoms with Crippen LogP contribution in [-0.4, -0.2) is 115 Å². The number of aliphatic hydroxyl groups is 6. The summed E-state index contributed by atoms with van der Waals surface area (Å²) in [5.41, 5.74) is 7.70. The first-order valence-electron chi connectivity index (χ1n) is 16.6. The molecule has 0 aliphatic carbocycles. The first-order chi connectivity index (χ1) is 24.5. The number of nitrogens with two attached hydrogens (primary N) is 1. The zero-order chi connectivity index (χ0) is 37.0. The quantitative estimate of drug-likeness (QED) is 0.115. The summed E-state index contributed by atoms with van der Waals surface area (Å²) in [5, 5.41) is 77.2. The molecule has 0 saturated carbocycles. The number of rotatable bonds is 9. The zero-order valence-corrected chi connectivity index (χ0v) is 29.8. The molecule has 3 aromatic rings. The number of methoxy groups -OCH3 is 1. The maximum Gasteiger partial charge on any atom is 0.229 e. The van der Waals surface area contributed by atoms with Gasteiger partial charge in [0.15, 0.2) is 5.78 Å². The molecule has 51 heavy (non-hydrogen) atoms. The number of carbonyl (C=O) groups excluding carboxylic acids is 2. The lowest BCUT2D eigenvalue weighted by Crippen LogP contribution is -2.64. The Hall–Kier alpha value is -2.96. The summed E-state index contributed by atoms with van der Waals surface area (Å²) < 4.78 is 17.8. The third-order valence-electron chi connectivity index (χ3n) is 9.75. The van der Waals surface area contributed by atoms with Crippen LogP contribution in [0, 0.1) is 18.8 Å². The van der Waals surface area contributed by atoms with Crippen LogP contribution >= 0.6 is 21.6 Å². The van der Waals surface area contributed by atoms with Crippen LogP contribution in [0.25, 0.3) is 10.8 Å². The monoisotopic (exact) mass is 747 g/mol. The molecule has 1 saturated heterocycles. The van der Waals surface area contributed by atoms with E-state index in [9.17, 15) is 45.3 Å². The highest BCUT2D eigenvalue weighted by Gasteiger charge is 2.51. The number of ether oxygens (including phenoxy) is 3.